The first-order valence-electron chi connectivity index (χ1n) is 9.66. The van der Waals surface area contributed by atoms with Crippen molar-refractivity contribution >= 4 is 43.6 Å². The molecule has 0 spiro atoms. The molecule has 0 saturated carbocycles. The Hall–Kier alpha value is -3.43. The Morgan fingerprint density at radius 2 is 1.37 bits per heavy atom. The second kappa shape index (κ2) is 7.43. The Kier molecular flexibility index (Phi) is 4.61. The van der Waals surface area contributed by atoms with E-state index in [2.05, 4.69) is 28.1 Å². The summed E-state index contributed by atoms with van der Waals surface area (Å²) in [4.78, 5) is 12.5. The number of ketones is 1. The van der Waals surface area contributed by atoms with Crippen molar-refractivity contribution in [1.82, 2.24) is 0 Å². The lowest BCUT2D eigenvalue weighted by atomic mass is 9.82. The number of carbonyl (C=O) groups excluding carboxylic acids is 1. The average Bonchev–Trinajstić information content (AvgIpc) is 2.78. The molecule has 144 valence electrons. The van der Waals surface area contributed by atoms with Crippen LogP contribution < -0.4 is 0 Å². The van der Waals surface area contributed by atoms with E-state index in [9.17, 15) is 9.90 Å². The molecule has 0 heterocycles. The van der Waals surface area contributed by atoms with Crippen LogP contribution in [0.1, 0.15) is 27.0 Å². The van der Waals surface area contributed by atoms with Gasteiger partial charge >= 0.3 is 0 Å². The molecule has 1 aliphatic carbocycles. The van der Waals surface area contributed by atoms with E-state index in [1.807, 2.05) is 72.8 Å². The zero-order valence-corrected chi connectivity index (χ0v) is 17.6. The molecule has 0 radical (unpaired) electrons. The van der Waals surface area contributed by atoms with Crippen LogP contribution in [0.15, 0.2) is 102 Å². The number of hydrogen-bond acceptors (Lipinski definition) is 2. The van der Waals surface area contributed by atoms with Gasteiger partial charge in [-0.15, -0.1) is 0 Å². The number of fused-ring (bicyclic) bond motifs is 2. The van der Waals surface area contributed by atoms with Gasteiger partial charge in [0.1, 0.15) is 5.75 Å². The molecule has 3 heteroatoms. The second-order valence-corrected chi connectivity index (χ2v) is 8.13. The molecule has 0 bridgehead atoms. The minimum absolute atomic E-state index is 0.0140. The molecule has 2 nitrogen and oxygen atoms in total. The van der Waals surface area contributed by atoms with Crippen LogP contribution in [0, 0.1) is 0 Å². The number of halogens is 1. The molecule has 1 N–H and O–H groups in total. The van der Waals surface area contributed by atoms with Crippen molar-refractivity contribution in [2.45, 2.75) is 0 Å². The molecule has 5 rings (SSSR count). The van der Waals surface area contributed by atoms with Crippen LogP contribution in [0.2, 0.25) is 0 Å². The number of hydrogen-bond donors (Lipinski definition) is 1. The third-order valence-electron chi connectivity index (χ3n) is 5.46. The number of phenolic OH excluding ortho intramolecular Hbond substituents is 1. The van der Waals surface area contributed by atoms with Gasteiger partial charge in [0.25, 0.3) is 0 Å². The number of carbonyl (C=O) groups is 1. The molecule has 0 aliphatic heterocycles. The lowest BCUT2D eigenvalue weighted by molar-refractivity contribution is 0.104. The highest BCUT2D eigenvalue weighted by Gasteiger charge is 2.22. The van der Waals surface area contributed by atoms with Crippen LogP contribution >= 0.6 is 15.9 Å². The molecule has 30 heavy (non-hydrogen) atoms. The van der Waals surface area contributed by atoms with Crippen LogP contribution in [0.5, 0.6) is 5.75 Å². The summed E-state index contributed by atoms with van der Waals surface area (Å²) in [5.74, 6) is 0.268. The quantitative estimate of drug-likeness (QED) is 0.354. The largest absolute Gasteiger partial charge is 0.507 e. The Labute approximate surface area is 182 Å². The Morgan fingerprint density at radius 1 is 0.700 bits per heavy atom. The van der Waals surface area contributed by atoms with Crippen molar-refractivity contribution in [3.05, 3.63) is 124 Å². The van der Waals surface area contributed by atoms with Crippen LogP contribution in [-0.2, 0) is 0 Å². The van der Waals surface area contributed by atoms with Crippen LogP contribution in [0.4, 0.5) is 0 Å². The SMILES string of the molecule is O=C1C=C/C(=C(/c2ccc(Br)cc2)c2ccc(O)c3ccccc23)c2ccccc21. The van der Waals surface area contributed by atoms with E-state index in [-0.39, 0.29) is 11.5 Å². The topological polar surface area (TPSA) is 37.3 Å². The van der Waals surface area contributed by atoms with Crippen LogP contribution in [0.3, 0.4) is 0 Å². The molecule has 4 aromatic carbocycles. The molecule has 1 aliphatic rings. The maximum Gasteiger partial charge on any atom is 0.186 e. The van der Waals surface area contributed by atoms with Crippen molar-refractivity contribution in [1.29, 1.82) is 0 Å². The van der Waals surface area contributed by atoms with E-state index in [0.29, 0.717) is 5.56 Å². The molecule has 0 atom stereocenters. The van der Waals surface area contributed by atoms with Gasteiger partial charge in [-0.1, -0.05) is 82.7 Å². The molecule has 0 fully saturated rings. The van der Waals surface area contributed by atoms with E-state index in [4.69, 9.17) is 0 Å². The molecule has 4 aromatic rings. The predicted molar refractivity (Wildman–Crippen MR) is 126 cm³/mol. The van der Waals surface area contributed by atoms with Crippen molar-refractivity contribution in [3.63, 3.8) is 0 Å². The predicted octanol–water partition coefficient (Wildman–Crippen LogP) is 7.02. The van der Waals surface area contributed by atoms with Gasteiger partial charge < -0.3 is 5.11 Å². The van der Waals surface area contributed by atoms with E-state index in [0.717, 1.165) is 43.1 Å². The standard InChI is InChI=1S/C27H17BrO2/c28-18-11-9-17(10-12-18)27(23-13-15-25(29)21-7-3-1-5-19(21)23)24-14-16-26(30)22-8-4-2-6-20(22)24/h1-16,29H/b27-24+. The third kappa shape index (κ3) is 3.08. The summed E-state index contributed by atoms with van der Waals surface area (Å²) < 4.78 is 1.00. The highest BCUT2D eigenvalue weighted by molar-refractivity contribution is 9.10. The fraction of sp³-hybridized carbons (Fsp3) is 0. The number of aromatic hydroxyl groups is 1. The molecule has 0 saturated heterocycles. The van der Waals surface area contributed by atoms with Gasteiger partial charge in [0.15, 0.2) is 5.78 Å². The summed E-state index contributed by atoms with van der Waals surface area (Å²) in [5.41, 5.74) is 5.68. The summed E-state index contributed by atoms with van der Waals surface area (Å²) in [6.45, 7) is 0. The highest BCUT2D eigenvalue weighted by atomic mass is 79.9. The van der Waals surface area contributed by atoms with Gasteiger partial charge in [0, 0.05) is 15.4 Å². The van der Waals surface area contributed by atoms with Crippen LogP contribution in [-0.4, -0.2) is 10.9 Å². The normalized spacial score (nSPS) is 14.6. The number of phenols is 1. The smallest absolute Gasteiger partial charge is 0.186 e. The molecule has 0 amide bonds. The summed E-state index contributed by atoms with van der Waals surface area (Å²) >= 11 is 3.52. The number of rotatable bonds is 2. The summed E-state index contributed by atoms with van der Waals surface area (Å²) in [6, 6.07) is 27.4. The second-order valence-electron chi connectivity index (χ2n) is 7.22. The van der Waals surface area contributed by atoms with Crippen molar-refractivity contribution in [2.24, 2.45) is 0 Å². The third-order valence-corrected chi connectivity index (χ3v) is 5.99. The zero-order valence-electron chi connectivity index (χ0n) is 16.0. The van der Waals surface area contributed by atoms with Gasteiger partial charge in [-0.05, 0) is 63.6 Å². The summed E-state index contributed by atoms with van der Waals surface area (Å²) in [5, 5.41) is 12.2. The van der Waals surface area contributed by atoms with E-state index in [1.54, 1.807) is 12.1 Å². The van der Waals surface area contributed by atoms with Gasteiger partial charge in [-0.2, -0.15) is 0 Å². The van der Waals surface area contributed by atoms with E-state index >= 15 is 0 Å². The minimum Gasteiger partial charge on any atom is -0.507 e. The number of allylic oxidation sites excluding steroid dienone is 3. The maximum atomic E-state index is 12.5. The summed E-state index contributed by atoms with van der Waals surface area (Å²) in [7, 11) is 0. The lowest BCUT2D eigenvalue weighted by Gasteiger charge is -2.20. The molecular weight excluding hydrogens is 436 g/mol. The summed E-state index contributed by atoms with van der Waals surface area (Å²) in [6.07, 6.45) is 3.54. The van der Waals surface area contributed by atoms with Gasteiger partial charge in [-0.25, -0.2) is 0 Å². The Morgan fingerprint density at radius 3 is 2.13 bits per heavy atom. The van der Waals surface area contributed by atoms with Crippen LogP contribution in [0.25, 0.3) is 21.9 Å². The Balaban J connectivity index is 1.91. The highest BCUT2D eigenvalue weighted by Crippen LogP contribution is 2.41. The van der Waals surface area contributed by atoms with Gasteiger partial charge in [-0.3, -0.25) is 4.79 Å². The average molecular weight is 453 g/mol. The lowest BCUT2D eigenvalue weighted by Crippen LogP contribution is -2.06. The first kappa shape index (κ1) is 18.6. The fourth-order valence-corrected chi connectivity index (χ4v) is 4.33. The first-order valence-corrected chi connectivity index (χ1v) is 10.5. The molecule has 0 aromatic heterocycles. The van der Waals surface area contributed by atoms with Crippen molar-refractivity contribution in [2.75, 3.05) is 0 Å². The van der Waals surface area contributed by atoms with Crippen molar-refractivity contribution < 1.29 is 9.90 Å². The first-order chi connectivity index (χ1) is 14.6. The Bertz CT molecular complexity index is 1360. The van der Waals surface area contributed by atoms with Crippen molar-refractivity contribution in [3.8, 4) is 5.75 Å². The molecule has 0 unspecified atom stereocenters. The molecular formula is C27H17BrO2. The fourth-order valence-electron chi connectivity index (χ4n) is 4.06. The monoisotopic (exact) mass is 452 g/mol. The zero-order chi connectivity index (χ0) is 20.7. The minimum atomic E-state index is 0.0140. The van der Waals surface area contributed by atoms with E-state index in [1.165, 1.54) is 0 Å². The van der Waals surface area contributed by atoms with Gasteiger partial charge in [0.05, 0.1) is 0 Å². The maximum absolute atomic E-state index is 12.5. The number of benzene rings is 4. The van der Waals surface area contributed by atoms with E-state index < -0.39 is 0 Å². The van der Waals surface area contributed by atoms with Gasteiger partial charge in [0.2, 0.25) is 0 Å².